The normalized spacial score (nSPS) is 10.5. The predicted molar refractivity (Wildman–Crippen MR) is 74.5 cm³/mol. The molecule has 0 aliphatic rings. The Kier molecular flexibility index (Phi) is 4.29. The molecule has 0 fully saturated rings. The van der Waals surface area contributed by atoms with Crippen LogP contribution in [-0.4, -0.2) is 15.3 Å². The van der Waals surface area contributed by atoms with Crippen molar-refractivity contribution < 1.29 is 15.3 Å². The van der Waals surface area contributed by atoms with Crippen LogP contribution in [0.25, 0.3) is 0 Å². The van der Waals surface area contributed by atoms with Crippen LogP contribution in [0.3, 0.4) is 0 Å². The maximum absolute atomic E-state index is 9.39. The monoisotopic (exact) mass is 258 g/mol. The van der Waals surface area contributed by atoms with Crippen LogP contribution in [-0.2, 0) is 12.8 Å². The topological polar surface area (TPSA) is 60.7 Å². The van der Waals surface area contributed by atoms with Gasteiger partial charge in [0.05, 0.1) is 0 Å². The SMILES string of the molecule is Oc1ccc(CCCCc2ccc(O)c(O)c2)cc1. The standard InChI is InChI=1S/C16H18O3/c17-14-8-5-12(6-9-14)3-1-2-4-13-7-10-15(18)16(19)11-13/h5-11,17-19H,1-4H2. The Balaban J connectivity index is 1.77. The zero-order chi connectivity index (χ0) is 13.7. The van der Waals surface area contributed by atoms with Gasteiger partial charge in [-0.3, -0.25) is 0 Å². The number of phenols is 3. The summed E-state index contributed by atoms with van der Waals surface area (Å²) in [5.41, 5.74) is 2.24. The fourth-order valence-electron chi connectivity index (χ4n) is 2.05. The summed E-state index contributed by atoms with van der Waals surface area (Å²) >= 11 is 0. The molecule has 19 heavy (non-hydrogen) atoms. The van der Waals surface area contributed by atoms with Crippen molar-refractivity contribution in [2.45, 2.75) is 25.7 Å². The molecule has 100 valence electrons. The molecule has 0 spiro atoms. The van der Waals surface area contributed by atoms with Gasteiger partial charge in [0.15, 0.2) is 11.5 Å². The maximum atomic E-state index is 9.39. The first-order chi connectivity index (χ1) is 9.15. The fourth-order valence-corrected chi connectivity index (χ4v) is 2.05. The first-order valence-electron chi connectivity index (χ1n) is 6.44. The molecule has 0 heterocycles. The average Bonchev–Trinajstić information content (AvgIpc) is 2.41. The van der Waals surface area contributed by atoms with Crippen molar-refractivity contribution in [3.8, 4) is 17.2 Å². The number of hydrogen-bond acceptors (Lipinski definition) is 3. The molecule has 3 heteroatoms. The van der Waals surface area contributed by atoms with Gasteiger partial charge >= 0.3 is 0 Å². The summed E-state index contributed by atoms with van der Waals surface area (Å²) in [7, 11) is 0. The van der Waals surface area contributed by atoms with Gasteiger partial charge in [0.2, 0.25) is 0 Å². The van der Waals surface area contributed by atoms with Crippen molar-refractivity contribution in [3.63, 3.8) is 0 Å². The van der Waals surface area contributed by atoms with E-state index in [4.69, 9.17) is 0 Å². The minimum atomic E-state index is -0.0761. The van der Waals surface area contributed by atoms with Gasteiger partial charge in [-0.25, -0.2) is 0 Å². The quantitative estimate of drug-likeness (QED) is 0.569. The van der Waals surface area contributed by atoms with E-state index in [1.807, 2.05) is 18.2 Å². The van der Waals surface area contributed by atoms with Gasteiger partial charge in [0.25, 0.3) is 0 Å². The van der Waals surface area contributed by atoms with Crippen molar-refractivity contribution in [1.82, 2.24) is 0 Å². The lowest BCUT2D eigenvalue weighted by atomic mass is 10.0. The van der Waals surface area contributed by atoms with Crippen molar-refractivity contribution in [1.29, 1.82) is 0 Å². The smallest absolute Gasteiger partial charge is 0.157 e. The lowest BCUT2D eigenvalue weighted by molar-refractivity contribution is 0.403. The van der Waals surface area contributed by atoms with Crippen LogP contribution < -0.4 is 0 Å². The molecule has 0 atom stereocenters. The molecule has 2 aromatic rings. The molecule has 0 amide bonds. The van der Waals surface area contributed by atoms with E-state index in [9.17, 15) is 15.3 Å². The second-order valence-electron chi connectivity index (χ2n) is 4.70. The number of aryl methyl sites for hydroxylation is 2. The van der Waals surface area contributed by atoms with Crippen molar-refractivity contribution in [2.24, 2.45) is 0 Å². The van der Waals surface area contributed by atoms with Gasteiger partial charge in [-0.15, -0.1) is 0 Å². The summed E-state index contributed by atoms with van der Waals surface area (Å²) in [4.78, 5) is 0. The summed E-state index contributed by atoms with van der Waals surface area (Å²) in [6, 6.07) is 12.2. The Morgan fingerprint density at radius 2 is 1.21 bits per heavy atom. The molecule has 0 aliphatic carbocycles. The molecule has 2 aromatic carbocycles. The molecule has 0 saturated heterocycles. The van der Waals surface area contributed by atoms with E-state index < -0.39 is 0 Å². The van der Waals surface area contributed by atoms with Gasteiger partial charge in [0.1, 0.15) is 5.75 Å². The first kappa shape index (κ1) is 13.3. The number of rotatable bonds is 5. The van der Waals surface area contributed by atoms with E-state index >= 15 is 0 Å². The number of hydrogen-bond donors (Lipinski definition) is 3. The Morgan fingerprint density at radius 3 is 1.84 bits per heavy atom. The molecule has 0 aliphatic heterocycles. The Labute approximate surface area is 112 Å². The number of benzene rings is 2. The van der Waals surface area contributed by atoms with Crippen molar-refractivity contribution >= 4 is 0 Å². The van der Waals surface area contributed by atoms with Gasteiger partial charge < -0.3 is 15.3 Å². The largest absolute Gasteiger partial charge is 0.508 e. The van der Waals surface area contributed by atoms with Crippen molar-refractivity contribution in [3.05, 3.63) is 53.6 Å². The Bertz CT molecular complexity index is 532. The van der Waals surface area contributed by atoms with Crippen LogP contribution in [0, 0.1) is 0 Å². The van der Waals surface area contributed by atoms with Crippen LogP contribution in [0.1, 0.15) is 24.0 Å². The lowest BCUT2D eigenvalue weighted by Crippen LogP contribution is -1.89. The van der Waals surface area contributed by atoms with Crippen LogP contribution >= 0.6 is 0 Å². The second kappa shape index (κ2) is 6.14. The molecular weight excluding hydrogens is 240 g/mol. The van der Waals surface area contributed by atoms with E-state index in [0.717, 1.165) is 31.2 Å². The first-order valence-corrected chi connectivity index (χ1v) is 6.44. The summed E-state index contributed by atoms with van der Waals surface area (Å²) in [6.07, 6.45) is 3.92. The molecule has 0 radical (unpaired) electrons. The van der Waals surface area contributed by atoms with Crippen LogP contribution in [0.2, 0.25) is 0 Å². The van der Waals surface area contributed by atoms with E-state index in [-0.39, 0.29) is 11.5 Å². The highest BCUT2D eigenvalue weighted by Gasteiger charge is 2.01. The molecule has 0 bridgehead atoms. The fraction of sp³-hybridized carbons (Fsp3) is 0.250. The van der Waals surface area contributed by atoms with Crippen molar-refractivity contribution in [2.75, 3.05) is 0 Å². The zero-order valence-electron chi connectivity index (χ0n) is 10.7. The molecule has 0 saturated carbocycles. The highest BCUT2D eigenvalue weighted by atomic mass is 16.3. The molecule has 3 N–H and O–H groups in total. The van der Waals surface area contributed by atoms with E-state index in [1.54, 1.807) is 18.2 Å². The van der Waals surface area contributed by atoms with E-state index in [0.29, 0.717) is 5.75 Å². The number of unbranched alkanes of at least 4 members (excludes halogenated alkanes) is 1. The minimum Gasteiger partial charge on any atom is -0.508 e. The zero-order valence-corrected chi connectivity index (χ0v) is 10.7. The lowest BCUT2D eigenvalue weighted by Gasteiger charge is -2.04. The number of phenolic OH excluding ortho intramolecular Hbond substituents is 3. The minimum absolute atomic E-state index is 0.0592. The van der Waals surface area contributed by atoms with Crippen LogP contribution in [0.15, 0.2) is 42.5 Å². The van der Waals surface area contributed by atoms with E-state index in [2.05, 4.69) is 0 Å². The third-order valence-corrected chi connectivity index (χ3v) is 3.16. The van der Waals surface area contributed by atoms with Crippen LogP contribution in [0.4, 0.5) is 0 Å². The summed E-state index contributed by atoms with van der Waals surface area (Å²) in [5.74, 6) is 0.159. The summed E-state index contributed by atoms with van der Waals surface area (Å²) in [6.45, 7) is 0. The Morgan fingerprint density at radius 1 is 0.632 bits per heavy atom. The third-order valence-electron chi connectivity index (χ3n) is 3.16. The molecule has 2 rings (SSSR count). The molecule has 0 unspecified atom stereocenters. The maximum Gasteiger partial charge on any atom is 0.157 e. The predicted octanol–water partition coefficient (Wildman–Crippen LogP) is 3.37. The van der Waals surface area contributed by atoms with E-state index in [1.165, 1.54) is 11.6 Å². The van der Waals surface area contributed by atoms with Crippen LogP contribution in [0.5, 0.6) is 17.2 Å². The summed E-state index contributed by atoms with van der Waals surface area (Å²) < 4.78 is 0. The average molecular weight is 258 g/mol. The summed E-state index contributed by atoms with van der Waals surface area (Å²) in [5, 5.41) is 27.8. The molecular formula is C16H18O3. The van der Waals surface area contributed by atoms with Gasteiger partial charge in [0, 0.05) is 0 Å². The second-order valence-corrected chi connectivity index (χ2v) is 4.70. The van der Waals surface area contributed by atoms with Gasteiger partial charge in [-0.2, -0.15) is 0 Å². The number of aromatic hydroxyl groups is 3. The highest BCUT2D eigenvalue weighted by molar-refractivity contribution is 5.40. The Hall–Kier alpha value is -2.16. The van der Waals surface area contributed by atoms with Gasteiger partial charge in [-0.05, 0) is 61.1 Å². The third kappa shape index (κ3) is 3.91. The molecule has 3 nitrogen and oxygen atoms in total. The molecule has 0 aromatic heterocycles. The van der Waals surface area contributed by atoms with Gasteiger partial charge in [-0.1, -0.05) is 18.2 Å². The highest BCUT2D eigenvalue weighted by Crippen LogP contribution is 2.25.